The summed E-state index contributed by atoms with van der Waals surface area (Å²) >= 11 is 0. The van der Waals surface area contributed by atoms with E-state index in [0.717, 1.165) is 24.2 Å². The molecular weight excluding hydrogens is 342 g/mol. The van der Waals surface area contributed by atoms with Gasteiger partial charge in [0.15, 0.2) is 6.61 Å². The monoisotopic (exact) mass is 367 g/mol. The van der Waals surface area contributed by atoms with Gasteiger partial charge in [0.05, 0.1) is 13.2 Å². The normalized spacial score (nSPS) is 29.0. The Hall–Kier alpha value is -2.16. The minimum Gasteiger partial charge on any atom is -0.454 e. The Morgan fingerprint density at radius 3 is 2.69 bits per heavy atom. The van der Waals surface area contributed by atoms with Gasteiger partial charge in [-0.25, -0.2) is 4.79 Å². The number of nitrogens with one attached hydrogen (secondary N) is 1. The Labute approximate surface area is 152 Å². The third kappa shape index (κ3) is 3.53. The van der Waals surface area contributed by atoms with Crippen molar-refractivity contribution in [3.05, 3.63) is 0 Å². The Balaban J connectivity index is 1.53. The van der Waals surface area contributed by atoms with Crippen LogP contribution in [0.5, 0.6) is 0 Å². The Bertz CT molecular complexity index is 603. The average molecular weight is 367 g/mol. The highest BCUT2D eigenvalue weighted by atomic mass is 16.5. The molecule has 2 heterocycles. The number of urea groups is 1. The molecule has 3 rings (SSSR count). The second-order valence-corrected chi connectivity index (χ2v) is 7.09. The minimum absolute atomic E-state index is 0.0246. The first-order chi connectivity index (χ1) is 12.4. The first kappa shape index (κ1) is 18.6. The van der Waals surface area contributed by atoms with Crippen molar-refractivity contribution in [2.45, 2.75) is 38.1 Å². The van der Waals surface area contributed by atoms with Gasteiger partial charge >= 0.3 is 12.0 Å². The summed E-state index contributed by atoms with van der Waals surface area (Å²) < 4.78 is 10.1. The second-order valence-electron chi connectivity index (χ2n) is 7.09. The van der Waals surface area contributed by atoms with Crippen LogP contribution in [-0.4, -0.2) is 78.6 Å². The summed E-state index contributed by atoms with van der Waals surface area (Å²) in [6.07, 6.45) is 3.33. The van der Waals surface area contributed by atoms with Crippen LogP contribution in [-0.2, 0) is 23.9 Å². The highest BCUT2D eigenvalue weighted by Crippen LogP contribution is 2.38. The Morgan fingerprint density at radius 1 is 1.27 bits per heavy atom. The smallest absolute Gasteiger partial charge is 0.326 e. The fraction of sp³-hybridized carbons (Fsp3) is 0.765. The van der Waals surface area contributed by atoms with E-state index in [1.807, 2.05) is 6.92 Å². The van der Waals surface area contributed by atoms with Crippen molar-refractivity contribution in [3.63, 3.8) is 0 Å². The summed E-state index contributed by atoms with van der Waals surface area (Å²) in [5, 5.41) is 2.78. The van der Waals surface area contributed by atoms with Crippen molar-refractivity contribution in [2.75, 3.05) is 39.5 Å². The van der Waals surface area contributed by atoms with Crippen molar-refractivity contribution in [3.8, 4) is 0 Å². The van der Waals surface area contributed by atoms with E-state index in [1.54, 1.807) is 4.90 Å². The van der Waals surface area contributed by atoms with Crippen LogP contribution >= 0.6 is 0 Å². The van der Waals surface area contributed by atoms with E-state index < -0.39 is 30.7 Å². The van der Waals surface area contributed by atoms with E-state index in [9.17, 15) is 19.2 Å². The van der Waals surface area contributed by atoms with Crippen LogP contribution in [0.25, 0.3) is 0 Å². The topological polar surface area (TPSA) is 105 Å². The number of amides is 4. The molecule has 2 aliphatic heterocycles. The average Bonchev–Trinajstić information content (AvgIpc) is 2.88. The maximum absolute atomic E-state index is 12.8. The standard InChI is InChI=1S/C17H25N3O6/c1-12-4-2-3-5-17(12)15(23)20(16(24)18-17)10-14(22)26-11-13(21)19-6-8-25-9-7-19/h12H,2-11H2,1H3,(H,18,24)/t12-,17+/m0/s1. The first-order valence-corrected chi connectivity index (χ1v) is 9.09. The third-order valence-electron chi connectivity index (χ3n) is 5.51. The number of morpholine rings is 1. The van der Waals surface area contributed by atoms with Gasteiger partial charge in [-0.3, -0.25) is 19.3 Å². The molecule has 9 nitrogen and oxygen atoms in total. The molecule has 26 heavy (non-hydrogen) atoms. The number of nitrogens with zero attached hydrogens (tertiary/aromatic N) is 2. The molecule has 2 atom stereocenters. The zero-order valence-electron chi connectivity index (χ0n) is 15.0. The van der Waals surface area contributed by atoms with Gasteiger partial charge in [0.2, 0.25) is 0 Å². The zero-order valence-corrected chi connectivity index (χ0v) is 15.0. The molecule has 3 aliphatic rings. The quantitative estimate of drug-likeness (QED) is 0.549. The summed E-state index contributed by atoms with van der Waals surface area (Å²) in [5.74, 6) is -1.42. The third-order valence-corrected chi connectivity index (χ3v) is 5.51. The van der Waals surface area contributed by atoms with Crippen molar-refractivity contribution in [1.29, 1.82) is 0 Å². The molecule has 1 N–H and O–H groups in total. The van der Waals surface area contributed by atoms with Crippen LogP contribution < -0.4 is 5.32 Å². The highest BCUT2D eigenvalue weighted by molar-refractivity contribution is 6.09. The molecule has 0 radical (unpaired) electrons. The zero-order chi connectivity index (χ0) is 18.7. The fourth-order valence-electron chi connectivity index (χ4n) is 3.86. The van der Waals surface area contributed by atoms with Gasteiger partial charge in [0.25, 0.3) is 11.8 Å². The van der Waals surface area contributed by atoms with Crippen LogP contribution in [0, 0.1) is 5.92 Å². The Morgan fingerprint density at radius 2 is 2.00 bits per heavy atom. The van der Waals surface area contributed by atoms with Crippen LogP contribution in [0.3, 0.4) is 0 Å². The van der Waals surface area contributed by atoms with Crippen LogP contribution in [0.15, 0.2) is 0 Å². The number of carbonyl (C=O) groups is 4. The van der Waals surface area contributed by atoms with E-state index in [0.29, 0.717) is 32.7 Å². The number of imide groups is 1. The summed E-state index contributed by atoms with van der Waals surface area (Å²) in [6.45, 7) is 2.91. The molecule has 1 saturated carbocycles. The summed E-state index contributed by atoms with van der Waals surface area (Å²) in [7, 11) is 0. The summed E-state index contributed by atoms with van der Waals surface area (Å²) in [6, 6.07) is -0.569. The predicted octanol–water partition coefficient (Wildman–Crippen LogP) is -0.111. The van der Waals surface area contributed by atoms with Gasteiger partial charge < -0.3 is 19.7 Å². The lowest BCUT2D eigenvalue weighted by molar-refractivity contribution is -0.155. The maximum atomic E-state index is 12.8. The molecule has 0 aromatic heterocycles. The Kier molecular flexibility index (Phi) is 5.45. The predicted molar refractivity (Wildman–Crippen MR) is 89.0 cm³/mol. The van der Waals surface area contributed by atoms with Gasteiger partial charge in [0, 0.05) is 13.1 Å². The fourth-order valence-corrected chi connectivity index (χ4v) is 3.86. The highest BCUT2D eigenvalue weighted by Gasteiger charge is 2.55. The lowest BCUT2D eigenvalue weighted by Gasteiger charge is -2.36. The van der Waals surface area contributed by atoms with Crippen molar-refractivity contribution in [2.24, 2.45) is 5.92 Å². The molecule has 0 bridgehead atoms. The molecule has 0 aromatic rings. The van der Waals surface area contributed by atoms with Gasteiger partial charge in [-0.15, -0.1) is 0 Å². The van der Waals surface area contributed by atoms with Gasteiger partial charge in [-0.05, 0) is 18.8 Å². The first-order valence-electron chi connectivity index (χ1n) is 9.09. The number of hydrogen-bond acceptors (Lipinski definition) is 6. The molecule has 1 aliphatic carbocycles. The molecule has 1 spiro atoms. The largest absolute Gasteiger partial charge is 0.454 e. The van der Waals surface area contributed by atoms with E-state index >= 15 is 0 Å². The van der Waals surface area contributed by atoms with Crippen molar-refractivity contribution in [1.82, 2.24) is 15.1 Å². The summed E-state index contributed by atoms with van der Waals surface area (Å²) in [5.41, 5.74) is -0.904. The lowest BCUT2D eigenvalue weighted by atomic mass is 9.73. The number of hydrogen-bond donors (Lipinski definition) is 1. The van der Waals surface area contributed by atoms with E-state index in [1.165, 1.54) is 0 Å². The SMILES string of the molecule is C[C@H]1CCCC[C@@]12NC(=O)N(CC(=O)OCC(=O)N1CCOCC1)C2=O. The minimum atomic E-state index is -0.904. The van der Waals surface area contributed by atoms with Crippen LogP contribution in [0.1, 0.15) is 32.6 Å². The van der Waals surface area contributed by atoms with E-state index in [2.05, 4.69) is 5.32 Å². The molecule has 144 valence electrons. The summed E-state index contributed by atoms with van der Waals surface area (Å²) in [4.78, 5) is 51.5. The number of ether oxygens (including phenoxy) is 2. The van der Waals surface area contributed by atoms with Crippen LogP contribution in [0.4, 0.5) is 4.79 Å². The number of esters is 1. The molecular formula is C17H25N3O6. The molecule has 2 saturated heterocycles. The maximum Gasteiger partial charge on any atom is 0.326 e. The number of carbonyl (C=O) groups excluding carboxylic acids is 4. The van der Waals surface area contributed by atoms with E-state index in [-0.39, 0.29) is 17.7 Å². The molecule has 3 fully saturated rings. The number of rotatable bonds is 4. The van der Waals surface area contributed by atoms with E-state index in [4.69, 9.17) is 9.47 Å². The second kappa shape index (κ2) is 7.61. The van der Waals surface area contributed by atoms with Crippen LogP contribution in [0.2, 0.25) is 0 Å². The molecule has 9 heteroatoms. The van der Waals surface area contributed by atoms with Gasteiger partial charge in [-0.2, -0.15) is 0 Å². The molecule has 4 amide bonds. The molecule has 0 unspecified atom stereocenters. The van der Waals surface area contributed by atoms with Crippen molar-refractivity contribution >= 4 is 23.8 Å². The lowest BCUT2D eigenvalue weighted by Crippen LogP contribution is -2.54. The van der Waals surface area contributed by atoms with Gasteiger partial charge in [0.1, 0.15) is 12.1 Å². The molecule has 0 aromatic carbocycles. The van der Waals surface area contributed by atoms with Gasteiger partial charge in [-0.1, -0.05) is 19.8 Å². The van der Waals surface area contributed by atoms with Crippen molar-refractivity contribution < 1.29 is 28.7 Å².